The second kappa shape index (κ2) is 8.70. The third-order valence-corrected chi connectivity index (χ3v) is 4.70. The van der Waals surface area contributed by atoms with Crippen LogP contribution in [0.15, 0.2) is 24.3 Å². The second-order valence-corrected chi connectivity index (χ2v) is 8.52. The van der Waals surface area contributed by atoms with E-state index in [0.29, 0.717) is 17.9 Å². The van der Waals surface area contributed by atoms with E-state index in [2.05, 4.69) is 26.1 Å². The van der Waals surface area contributed by atoms with Crippen LogP contribution in [0.1, 0.15) is 52.0 Å². The number of halogens is 1. The fourth-order valence-electron chi connectivity index (χ4n) is 3.09. The van der Waals surface area contributed by atoms with E-state index in [1.165, 1.54) is 0 Å². The first kappa shape index (κ1) is 19.8. The summed E-state index contributed by atoms with van der Waals surface area (Å²) < 4.78 is 0. The van der Waals surface area contributed by atoms with E-state index < -0.39 is 0 Å². The van der Waals surface area contributed by atoms with Gasteiger partial charge in [0.2, 0.25) is 11.8 Å². The number of hydrogen-bond donors (Lipinski definition) is 1. The van der Waals surface area contributed by atoms with Crippen molar-refractivity contribution >= 4 is 23.4 Å². The summed E-state index contributed by atoms with van der Waals surface area (Å²) in [6, 6.07) is 7.83. The molecular weight excluding hydrogens is 336 g/mol. The number of piperidine rings is 1. The molecule has 1 heterocycles. The minimum absolute atomic E-state index is 0.00240. The third kappa shape index (κ3) is 7.07. The Morgan fingerprint density at radius 3 is 2.32 bits per heavy atom. The lowest BCUT2D eigenvalue weighted by atomic mass is 9.91. The van der Waals surface area contributed by atoms with Crippen molar-refractivity contribution in [1.82, 2.24) is 10.2 Å². The monoisotopic (exact) mass is 364 g/mol. The van der Waals surface area contributed by atoms with Crippen molar-refractivity contribution in [2.24, 2.45) is 5.41 Å². The second-order valence-electron chi connectivity index (χ2n) is 8.09. The van der Waals surface area contributed by atoms with Crippen molar-refractivity contribution in [2.75, 3.05) is 13.1 Å². The number of nitrogens with one attached hydrogen (secondary N) is 1. The zero-order valence-electron chi connectivity index (χ0n) is 15.5. The van der Waals surface area contributed by atoms with Crippen molar-refractivity contribution in [3.8, 4) is 0 Å². The van der Waals surface area contributed by atoms with Gasteiger partial charge in [-0.3, -0.25) is 9.59 Å². The smallest absolute Gasteiger partial charge is 0.222 e. The Balaban J connectivity index is 1.71. The minimum Gasteiger partial charge on any atom is -0.353 e. The van der Waals surface area contributed by atoms with Crippen LogP contribution in [-0.4, -0.2) is 35.8 Å². The van der Waals surface area contributed by atoms with Crippen LogP contribution < -0.4 is 5.32 Å². The van der Waals surface area contributed by atoms with E-state index >= 15 is 0 Å². The van der Waals surface area contributed by atoms with Crippen molar-refractivity contribution in [3.05, 3.63) is 34.9 Å². The molecule has 0 radical (unpaired) electrons. The molecule has 1 aromatic rings. The van der Waals surface area contributed by atoms with E-state index in [1.54, 1.807) is 0 Å². The number of likely N-dealkylation sites (tertiary alicyclic amines) is 1. The van der Waals surface area contributed by atoms with Gasteiger partial charge in [-0.05, 0) is 42.4 Å². The molecule has 0 atom stereocenters. The van der Waals surface area contributed by atoms with Crippen LogP contribution in [0.3, 0.4) is 0 Å². The van der Waals surface area contributed by atoms with Gasteiger partial charge in [-0.15, -0.1) is 0 Å². The molecule has 25 heavy (non-hydrogen) atoms. The number of benzene rings is 1. The highest BCUT2D eigenvalue weighted by atomic mass is 35.5. The van der Waals surface area contributed by atoms with E-state index in [4.69, 9.17) is 11.6 Å². The van der Waals surface area contributed by atoms with Gasteiger partial charge >= 0.3 is 0 Å². The van der Waals surface area contributed by atoms with E-state index in [1.807, 2.05) is 29.2 Å². The standard InChI is InChI=1S/C20H29ClN2O2/c1-20(2,3)14-18(24)22-17-10-12-23(13-11-17)19(25)9-6-15-4-7-16(21)8-5-15/h4-5,7-8,17H,6,9-14H2,1-3H3,(H,22,24). The molecule has 0 spiro atoms. The van der Waals surface area contributed by atoms with Gasteiger partial charge in [0.1, 0.15) is 0 Å². The first-order chi connectivity index (χ1) is 11.7. The molecule has 2 amide bonds. The number of rotatable bonds is 5. The van der Waals surface area contributed by atoms with Crippen LogP contribution in [0.2, 0.25) is 5.02 Å². The average molecular weight is 365 g/mol. The summed E-state index contributed by atoms with van der Waals surface area (Å²) in [4.78, 5) is 26.3. The number of hydrogen-bond acceptors (Lipinski definition) is 2. The molecule has 0 aliphatic carbocycles. The predicted molar refractivity (Wildman–Crippen MR) is 102 cm³/mol. The molecule has 2 rings (SSSR count). The Kier molecular flexibility index (Phi) is 6.88. The van der Waals surface area contributed by atoms with Crippen LogP contribution in [-0.2, 0) is 16.0 Å². The molecule has 5 heteroatoms. The zero-order valence-corrected chi connectivity index (χ0v) is 16.2. The minimum atomic E-state index is 0.00240. The molecule has 1 aromatic carbocycles. The molecule has 1 N–H and O–H groups in total. The highest BCUT2D eigenvalue weighted by molar-refractivity contribution is 6.30. The van der Waals surface area contributed by atoms with Gasteiger partial charge in [-0.25, -0.2) is 0 Å². The topological polar surface area (TPSA) is 49.4 Å². The first-order valence-electron chi connectivity index (χ1n) is 9.04. The summed E-state index contributed by atoms with van der Waals surface area (Å²) in [5.74, 6) is 0.300. The van der Waals surface area contributed by atoms with Gasteiger partial charge in [0, 0.05) is 37.0 Å². The molecule has 1 aliphatic rings. The lowest BCUT2D eigenvalue weighted by Gasteiger charge is -2.33. The van der Waals surface area contributed by atoms with Crippen LogP contribution in [0.4, 0.5) is 0 Å². The van der Waals surface area contributed by atoms with Gasteiger partial charge in [-0.2, -0.15) is 0 Å². The molecule has 0 bridgehead atoms. The van der Waals surface area contributed by atoms with Crippen molar-refractivity contribution in [3.63, 3.8) is 0 Å². The van der Waals surface area contributed by atoms with Crippen molar-refractivity contribution in [1.29, 1.82) is 0 Å². The molecule has 4 nitrogen and oxygen atoms in total. The van der Waals surface area contributed by atoms with Crippen LogP contribution >= 0.6 is 11.6 Å². The lowest BCUT2D eigenvalue weighted by molar-refractivity contribution is -0.132. The van der Waals surface area contributed by atoms with Crippen LogP contribution in [0.5, 0.6) is 0 Å². The first-order valence-corrected chi connectivity index (χ1v) is 9.42. The maximum Gasteiger partial charge on any atom is 0.222 e. The van der Waals surface area contributed by atoms with E-state index in [9.17, 15) is 9.59 Å². The summed E-state index contributed by atoms with van der Waals surface area (Å²) in [6.45, 7) is 7.64. The normalized spacial score (nSPS) is 15.9. The summed E-state index contributed by atoms with van der Waals surface area (Å²) in [6.07, 6.45) is 3.46. The van der Waals surface area contributed by atoms with Crippen molar-refractivity contribution in [2.45, 2.75) is 58.9 Å². The van der Waals surface area contributed by atoms with E-state index in [-0.39, 0.29) is 23.3 Å². The molecular formula is C20H29ClN2O2. The van der Waals surface area contributed by atoms with Crippen molar-refractivity contribution < 1.29 is 9.59 Å². The third-order valence-electron chi connectivity index (χ3n) is 4.44. The fraction of sp³-hybridized carbons (Fsp3) is 0.600. The average Bonchev–Trinajstić information content (AvgIpc) is 2.53. The Bertz CT molecular complexity index is 585. The Morgan fingerprint density at radius 1 is 1.16 bits per heavy atom. The summed E-state index contributed by atoms with van der Waals surface area (Å²) in [5.41, 5.74) is 1.13. The molecule has 1 fully saturated rings. The molecule has 0 aromatic heterocycles. The van der Waals surface area contributed by atoms with Crippen LogP contribution in [0, 0.1) is 5.41 Å². The molecule has 1 aliphatic heterocycles. The van der Waals surface area contributed by atoms with Gasteiger partial charge in [-0.1, -0.05) is 44.5 Å². The maximum absolute atomic E-state index is 12.4. The quantitative estimate of drug-likeness (QED) is 0.863. The highest BCUT2D eigenvalue weighted by Gasteiger charge is 2.25. The summed E-state index contributed by atoms with van der Waals surface area (Å²) in [5, 5.41) is 3.82. The van der Waals surface area contributed by atoms with Crippen LogP contribution in [0.25, 0.3) is 0 Å². The predicted octanol–water partition coefficient (Wildman–Crippen LogP) is 3.82. The maximum atomic E-state index is 12.4. The SMILES string of the molecule is CC(C)(C)CC(=O)NC1CCN(C(=O)CCc2ccc(Cl)cc2)CC1. The highest BCUT2D eigenvalue weighted by Crippen LogP contribution is 2.19. The fourth-order valence-corrected chi connectivity index (χ4v) is 3.22. The molecule has 138 valence electrons. The molecule has 0 unspecified atom stereocenters. The Morgan fingerprint density at radius 2 is 1.76 bits per heavy atom. The number of aryl methyl sites for hydroxylation is 1. The van der Waals surface area contributed by atoms with E-state index in [0.717, 1.165) is 37.9 Å². The van der Waals surface area contributed by atoms with Gasteiger partial charge < -0.3 is 10.2 Å². The number of amides is 2. The summed E-state index contributed by atoms with van der Waals surface area (Å²) >= 11 is 5.88. The zero-order chi connectivity index (χ0) is 18.4. The lowest BCUT2D eigenvalue weighted by Crippen LogP contribution is -2.47. The van der Waals surface area contributed by atoms with Gasteiger partial charge in [0.25, 0.3) is 0 Å². The summed E-state index contributed by atoms with van der Waals surface area (Å²) in [7, 11) is 0. The van der Waals surface area contributed by atoms with Gasteiger partial charge in [0.05, 0.1) is 0 Å². The largest absolute Gasteiger partial charge is 0.353 e. The Labute approximate surface area is 155 Å². The molecule has 1 saturated heterocycles. The number of carbonyl (C=O) groups excluding carboxylic acids is 2. The number of nitrogens with zero attached hydrogens (tertiary/aromatic N) is 1. The van der Waals surface area contributed by atoms with Gasteiger partial charge in [0.15, 0.2) is 0 Å². The number of carbonyl (C=O) groups is 2. The molecule has 0 saturated carbocycles. The Hall–Kier alpha value is -1.55.